The molecule has 0 aliphatic carbocycles. The van der Waals surface area contributed by atoms with Crippen LogP contribution in [0.2, 0.25) is 0 Å². The lowest BCUT2D eigenvalue weighted by atomic mass is 9.86. The van der Waals surface area contributed by atoms with Crippen LogP contribution in [0.15, 0.2) is 71.8 Å². The molecule has 0 radical (unpaired) electrons. The van der Waals surface area contributed by atoms with Crippen LogP contribution in [0, 0.1) is 5.82 Å². The molecule has 1 aliphatic rings. The van der Waals surface area contributed by atoms with Crippen molar-refractivity contribution in [2.24, 2.45) is 0 Å². The van der Waals surface area contributed by atoms with Gasteiger partial charge in [0, 0.05) is 23.1 Å². The summed E-state index contributed by atoms with van der Waals surface area (Å²) in [5.41, 5.74) is 1.65. The zero-order valence-electron chi connectivity index (χ0n) is 19.6. The largest absolute Gasteiger partial charge is 0.394 e. The number of Topliss-reactive ketones (excluding diaryl/α,β-unsaturated/α-hetero) is 1. The SMILES string of the molecule is C=C(/C=C(C(=O)c1ccc(-c2ccc(F)cc2)s1)\C(C)=C/C)[C@]1(OC)O[C@@H](CO)[C@H](O)[C@@H](O)[C@@H]1O. The van der Waals surface area contributed by atoms with Crippen molar-refractivity contribution in [2.75, 3.05) is 13.7 Å². The lowest BCUT2D eigenvalue weighted by Gasteiger charge is -2.47. The number of thiophene rings is 1. The molecule has 0 spiro atoms. The number of hydrogen-bond donors (Lipinski definition) is 4. The molecule has 0 bridgehead atoms. The molecule has 35 heavy (non-hydrogen) atoms. The summed E-state index contributed by atoms with van der Waals surface area (Å²) >= 11 is 1.24. The first kappa shape index (κ1) is 27.1. The van der Waals surface area contributed by atoms with Crippen molar-refractivity contribution in [2.45, 2.75) is 44.1 Å². The number of carbonyl (C=O) groups excluding carboxylic acids is 1. The molecule has 4 N–H and O–H groups in total. The van der Waals surface area contributed by atoms with Gasteiger partial charge in [-0.2, -0.15) is 0 Å². The van der Waals surface area contributed by atoms with Crippen molar-refractivity contribution in [1.29, 1.82) is 0 Å². The van der Waals surface area contributed by atoms with E-state index >= 15 is 0 Å². The molecular weight excluding hydrogens is 475 g/mol. The van der Waals surface area contributed by atoms with Crippen LogP contribution in [-0.2, 0) is 9.47 Å². The second kappa shape index (κ2) is 11.0. The van der Waals surface area contributed by atoms with E-state index in [1.807, 2.05) is 0 Å². The smallest absolute Gasteiger partial charge is 0.224 e. The van der Waals surface area contributed by atoms with E-state index in [0.29, 0.717) is 10.5 Å². The number of methoxy groups -OCH3 is 1. The van der Waals surface area contributed by atoms with Gasteiger partial charge < -0.3 is 29.9 Å². The van der Waals surface area contributed by atoms with Crippen molar-refractivity contribution < 1.29 is 39.1 Å². The van der Waals surface area contributed by atoms with Gasteiger partial charge in [-0.3, -0.25) is 4.79 Å². The van der Waals surface area contributed by atoms with Gasteiger partial charge in [-0.1, -0.05) is 24.8 Å². The Morgan fingerprint density at radius 1 is 1.20 bits per heavy atom. The van der Waals surface area contributed by atoms with E-state index in [1.165, 1.54) is 36.7 Å². The van der Waals surface area contributed by atoms with E-state index in [9.17, 15) is 29.6 Å². The highest BCUT2D eigenvalue weighted by Gasteiger charge is 2.55. The third-order valence-corrected chi connectivity index (χ3v) is 7.21. The van der Waals surface area contributed by atoms with Crippen LogP contribution in [0.5, 0.6) is 0 Å². The van der Waals surface area contributed by atoms with Crippen molar-refractivity contribution in [3.05, 3.63) is 82.5 Å². The molecule has 0 saturated carbocycles. The van der Waals surface area contributed by atoms with Gasteiger partial charge in [-0.25, -0.2) is 4.39 Å². The maximum Gasteiger partial charge on any atom is 0.224 e. The molecule has 0 unspecified atom stereocenters. The molecule has 9 heteroatoms. The molecule has 5 atom stereocenters. The van der Waals surface area contributed by atoms with E-state index in [2.05, 4.69) is 6.58 Å². The Hall–Kier alpha value is -2.50. The zero-order chi connectivity index (χ0) is 25.9. The fourth-order valence-corrected chi connectivity index (χ4v) is 4.82. The molecule has 188 valence electrons. The fraction of sp³-hybridized carbons (Fsp3) is 0.346. The Balaban J connectivity index is 1.99. The minimum absolute atomic E-state index is 0.0109. The van der Waals surface area contributed by atoms with Crippen LogP contribution in [0.25, 0.3) is 10.4 Å². The number of ketones is 1. The van der Waals surface area contributed by atoms with Gasteiger partial charge in [0.15, 0.2) is 0 Å². The Morgan fingerprint density at radius 3 is 2.43 bits per heavy atom. The van der Waals surface area contributed by atoms with E-state index in [1.54, 1.807) is 44.2 Å². The van der Waals surface area contributed by atoms with Gasteiger partial charge in [0.25, 0.3) is 0 Å². The number of ether oxygens (including phenoxy) is 2. The van der Waals surface area contributed by atoms with Gasteiger partial charge >= 0.3 is 0 Å². The lowest BCUT2D eigenvalue weighted by Crippen LogP contribution is -2.66. The van der Waals surface area contributed by atoms with Gasteiger partial charge in [-0.15, -0.1) is 11.3 Å². The van der Waals surface area contributed by atoms with Crippen molar-refractivity contribution in [1.82, 2.24) is 0 Å². The first-order chi connectivity index (χ1) is 16.6. The first-order valence-electron chi connectivity index (χ1n) is 10.9. The summed E-state index contributed by atoms with van der Waals surface area (Å²) in [4.78, 5) is 14.7. The quantitative estimate of drug-likeness (QED) is 0.248. The summed E-state index contributed by atoms with van der Waals surface area (Å²) in [5, 5.41) is 40.7. The first-order valence-corrected chi connectivity index (χ1v) is 11.7. The highest BCUT2D eigenvalue weighted by Crippen LogP contribution is 2.38. The van der Waals surface area contributed by atoms with Crippen molar-refractivity contribution in [3.63, 3.8) is 0 Å². The number of hydrogen-bond acceptors (Lipinski definition) is 8. The summed E-state index contributed by atoms with van der Waals surface area (Å²) in [6.45, 7) is 6.77. The van der Waals surface area contributed by atoms with E-state index in [0.717, 1.165) is 10.4 Å². The lowest BCUT2D eigenvalue weighted by molar-refractivity contribution is -0.338. The molecule has 1 saturated heterocycles. The predicted molar refractivity (Wildman–Crippen MR) is 130 cm³/mol. The average molecular weight is 505 g/mol. The third kappa shape index (κ3) is 5.22. The summed E-state index contributed by atoms with van der Waals surface area (Å²) in [6, 6.07) is 9.41. The summed E-state index contributed by atoms with van der Waals surface area (Å²) in [7, 11) is 1.22. The van der Waals surface area contributed by atoms with Gasteiger partial charge in [0.1, 0.15) is 30.2 Å². The molecule has 7 nitrogen and oxygen atoms in total. The molecule has 2 heterocycles. The minimum Gasteiger partial charge on any atom is -0.394 e. The maximum absolute atomic E-state index is 13.5. The van der Waals surface area contributed by atoms with Crippen molar-refractivity contribution >= 4 is 17.1 Å². The van der Waals surface area contributed by atoms with E-state index in [4.69, 9.17) is 9.47 Å². The number of aliphatic hydroxyl groups is 4. The second-order valence-electron chi connectivity index (χ2n) is 8.19. The standard InChI is InChI=1S/C26H29FO7S/c1-5-14(2)18(22(29)21-11-10-20(35-21)16-6-8-17(27)9-7-16)12-15(3)26(33-4)25(32)24(31)23(30)19(13-28)34-26/h5-12,19,23-25,28,30-32H,3,13H2,1-2,4H3/b14-5-,18-12+/t19-,23-,24+,25-,26-/m0/s1. The van der Waals surface area contributed by atoms with Crippen LogP contribution in [0.4, 0.5) is 4.39 Å². The van der Waals surface area contributed by atoms with Gasteiger partial charge in [0.2, 0.25) is 11.6 Å². The Morgan fingerprint density at radius 2 is 1.86 bits per heavy atom. The van der Waals surface area contributed by atoms with Gasteiger partial charge in [0.05, 0.1) is 11.5 Å². The monoisotopic (exact) mass is 504 g/mol. The number of aliphatic hydroxyl groups excluding tert-OH is 4. The molecule has 1 aromatic carbocycles. The number of halogens is 1. The normalized spacial score (nSPS) is 27.7. The van der Waals surface area contributed by atoms with Crippen LogP contribution in [0.3, 0.4) is 0 Å². The number of rotatable bonds is 8. The Kier molecular flexibility index (Phi) is 8.55. The average Bonchev–Trinajstić information content (AvgIpc) is 3.36. The Labute approximate surface area is 207 Å². The van der Waals surface area contributed by atoms with Crippen molar-refractivity contribution in [3.8, 4) is 10.4 Å². The summed E-state index contributed by atoms with van der Waals surface area (Å²) < 4.78 is 24.4. The number of allylic oxidation sites excluding steroid dienone is 3. The van der Waals surface area contributed by atoms with Crippen LogP contribution in [-0.4, -0.2) is 70.1 Å². The van der Waals surface area contributed by atoms with Crippen LogP contribution < -0.4 is 0 Å². The highest BCUT2D eigenvalue weighted by molar-refractivity contribution is 7.17. The number of carbonyl (C=O) groups is 1. The molecule has 1 fully saturated rings. The zero-order valence-corrected chi connectivity index (χ0v) is 20.5. The fourth-order valence-electron chi connectivity index (χ4n) is 3.86. The van der Waals surface area contributed by atoms with E-state index < -0.39 is 36.8 Å². The summed E-state index contributed by atoms with van der Waals surface area (Å²) in [5.74, 6) is -2.69. The van der Waals surface area contributed by atoms with E-state index in [-0.39, 0.29) is 22.7 Å². The topological polar surface area (TPSA) is 116 Å². The minimum atomic E-state index is -2.01. The number of benzene rings is 1. The van der Waals surface area contributed by atoms with Crippen LogP contribution >= 0.6 is 11.3 Å². The molecule has 3 rings (SSSR count). The molecular formula is C26H29FO7S. The highest BCUT2D eigenvalue weighted by atomic mass is 32.1. The predicted octanol–water partition coefficient (Wildman–Crippen LogP) is 3.00. The molecule has 2 aromatic rings. The second-order valence-corrected chi connectivity index (χ2v) is 9.28. The maximum atomic E-state index is 13.5. The van der Waals surface area contributed by atoms with Crippen LogP contribution in [0.1, 0.15) is 23.5 Å². The molecule has 1 aromatic heterocycles. The van der Waals surface area contributed by atoms with Gasteiger partial charge in [-0.05, 0) is 55.3 Å². The Bertz CT molecular complexity index is 1130. The molecule has 0 amide bonds. The third-order valence-electron chi connectivity index (χ3n) is 6.08. The summed E-state index contributed by atoms with van der Waals surface area (Å²) in [6.07, 6.45) is -3.11. The molecule has 1 aliphatic heterocycles.